The summed E-state index contributed by atoms with van der Waals surface area (Å²) in [5.74, 6) is 0.305. The van der Waals surface area contributed by atoms with Crippen molar-refractivity contribution in [3.05, 3.63) is 18.0 Å². The van der Waals surface area contributed by atoms with Crippen LogP contribution in [0.15, 0.2) is 12.4 Å². The van der Waals surface area contributed by atoms with Gasteiger partial charge < -0.3 is 4.90 Å². The van der Waals surface area contributed by atoms with Crippen molar-refractivity contribution < 1.29 is 13.2 Å². The maximum Gasteiger partial charge on any atom is 0.406 e. The van der Waals surface area contributed by atoms with Crippen LogP contribution in [0.25, 0.3) is 0 Å². The van der Waals surface area contributed by atoms with Crippen LogP contribution in [0.1, 0.15) is 12.5 Å². The number of hydrogen-bond acceptors (Lipinski definition) is 3. The average molecular weight is 254 g/mol. The third kappa shape index (κ3) is 3.84. The lowest BCUT2D eigenvalue weighted by molar-refractivity contribution is -0.119. The first-order valence-electron chi connectivity index (χ1n) is 4.65. The normalized spacial score (nSPS) is 11.6. The fraction of sp³-hybridized carbons (Fsp3) is 0.556. The van der Waals surface area contributed by atoms with E-state index in [0.29, 0.717) is 5.56 Å². The third-order valence-corrected chi connectivity index (χ3v) is 2.19. The summed E-state index contributed by atoms with van der Waals surface area (Å²) in [6.45, 7) is 0.758. The Kier molecular flexibility index (Phi) is 4.35. The molecule has 0 aliphatic carbocycles. The number of halogens is 4. The molecule has 1 aromatic rings. The van der Waals surface area contributed by atoms with Crippen molar-refractivity contribution in [3.8, 4) is 0 Å². The summed E-state index contributed by atoms with van der Waals surface area (Å²) in [7, 11) is 0. The molecule has 0 saturated heterocycles. The highest BCUT2D eigenvalue weighted by Gasteiger charge is 2.31. The molecular weight excluding hydrogens is 243 g/mol. The van der Waals surface area contributed by atoms with E-state index < -0.39 is 12.7 Å². The van der Waals surface area contributed by atoms with E-state index in [1.54, 1.807) is 6.92 Å². The standard InChI is InChI=1S/C9H11ClF3N3/c1-2-16(6-9(11,12)13)8-14-4-7(3-10)5-15-8/h4-5H,2-3,6H2,1H3. The molecule has 1 rings (SSSR count). The van der Waals surface area contributed by atoms with Gasteiger partial charge in [0.1, 0.15) is 6.54 Å². The van der Waals surface area contributed by atoms with Gasteiger partial charge in [-0.2, -0.15) is 13.2 Å². The zero-order valence-corrected chi connectivity index (χ0v) is 9.39. The lowest BCUT2D eigenvalue weighted by Gasteiger charge is -2.21. The average Bonchev–Trinajstić information content (AvgIpc) is 2.25. The van der Waals surface area contributed by atoms with Crippen LogP contribution >= 0.6 is 11.6 Å². The minimum atomic E-state index is -4.26. The highest BCUT2D eigenvalue weighted by atomic mass is 35.5. The van der Waals surface area contributed by atoms with E-state index >= 15 is 0 Å². The minimum Gasteiger partial charge on any atom is -0.332 e. The van der Waals surface area contributed by atoms with Crippen LogP contribution in [-0.2, 0) is 5.88 Å². The van der Waals surface area contributed by atoms with Gasteiger partial charge in [0, 0.05) is 24.5 Å². The maximum atomic E-state index is 12.2. The molecular formula is C9H11ClF3N3. The molecule has 0 aromatic carbocycles. The van der Waals surface area contributed by atoms with Crippen molar-refractivity contribution in [2.45, 2.75) is 19.0 Å². The molecule has 0 bridgehead atoms. The molecule has 0 aliphatic heterocycles. The van der Waals surface area contributed by atoms with Crippen LogP contribution in [0.2, 0.25) is 0 Å². The van der Waals surface area contributed by atoms with E-state index in [-0.39, 0.29) is 18.4 Å². The van der Waals surface area contributed by atoms with Gasteiger partial charge in [0.15, 0.2) is 0 Å². The monoisotopic (exact) mass is 253 g/mol. The zero-order valence-electron chi connectivity index (χ0n) is 8.63. The molecule has 16 heavy (non-hydrogen) atoms. The first-order chi connectivity index (χ1) is 7.46. The number of nitrogens with zero attached hydrogens (tertiary/aromatic N) is 3. The van der Waals surface area contributed by atoms with Gasteiger partial charge in [0.05, 0.1) is 5.88 Å². The minimum absolute atomic E-state index is 0.0636. The molecule has 90 valence electrons. The SMILES string of the molecule is CCN(CC(F)(F)F)c1ncc(CCl)cn1. The van der Waals surface area contributed by atoms with E-state index in [0.717, 1.165) is 4.90 Å². The van der Waals surface area contributed by atoms with Gasteiger partial charge in [0.2, 0.25) is 5.95 Å². The third-order valence-electron chi connectivity index (χ3n) is 1.88. The van der Waals surface area contributed by atoms with E-state index in [4.69, 9.17) is 11.6 Å². The predicted molar refractivity (Wildman–Crippen MR) is 55.5 cm³/mol. The van der Waals surface area contributed by atoms with Crippen molar-refractivity contribution in [2.24, 2.45) is 0 Å². The molecule has 0 amide bonds. The smallest absolute Gasteiger partial charge is 0.332 e. The number of aromatic nitrogens is 2. The van der Waals surface area contributed by atoms with Crippen LogP contribution in [0.3, 0.4) is 0 Å². The summed E-state index contributed by atoms with van der Waals surface area (Å²) < 4.78 is 36.6. The summed E-state index contributed by atoms with van der Waals surface area (Å²) in [6, 6.07) is 0. The van der Waals surface area contributed by atoms with Crippen molar-refractivity contribution in [1.29, 1.82) is 0 Å². The fourth-order valence-electron chi connectivity index (χ4n) is 1.12. The lowest BCUT2D eigenvalue weighted by atomic mass is 10.4. The Labute approximate surface area is 96.3 Å². The molecule has 7 heteroatoms. The van der Waals surface area contributed by atoms with Gasteiger partial charge >= 0.3 is 6.18 Å². The molecule has 0 radical (unpaired) electrons. The van der Waals surface area contributed by atoms with Gasteiger partial charge in [-0.15, -0.1) is 11.6 Å². The van der Waals surface area contributed by atoms with E-state index in [9.17, 15) is 13.2 Å². The molecule has 0 unspecified atom stereocenters. The molecule has 0 aliphatic rings. The quantitative estimate of drug-likeness (QED) is 0.773. The first kappa shape index (κ1) is 13.0. The highest BCUT2D eigenvalue weighted by Crippen LogP contribution is 2.19. The van der Waals surface area contributed by atoms with Gasteiger partial charge in [0.25, 0.3) is 0 Å². The predicted octanol–water partition coefficient (Wildman–Crippen LogP) is 2.60. The molecule has 0 spiro atoms. The number of hydrogen-bond donors (Lipinski definition) is 0. The molecule has 1 heterocycles. The van der Waals surface area contributed by atoms with Crippen molar-refractivity contribution in [2.75, 3.05) is 18.0 Å². The zero-order chi connectivity index (χ0) is 12.2. The highest BCUT2D eigenvalue weighted by molar-refractivity contribution is 6.17. The van der Waals surface area contributed by atoms with Gasteiger partial charge in [-0.05, 0) is 6.92 Å². The second kappa shape index (κ2) is 5.34. The molecule has 0 atom stereocenters. The summed E-state index contributed by atoms with van der Waals surface area (Å²) in [6.07, 6.45) is -1.41. The van der Waals surface area contributed by atoms with Crippen LogP contribution in [0, 0.1) is 0 Å². The topological polar surface area (TPSA) is 29.0 Å². The van der Waals surface area contributed by atoms with E-state index in [1.165, 1.54) is 12.4 Å². The Bertz CT molecular complexity index is 326. The Balaban J connectivity index is 2.79. The molecule has 0 fully saturated rings. The Morgan fingerprint density at radius 1 is 1.31 bits per heavy atom. The Hall–Kier alpha value is -1.04. The Morgan fingerprint density at radius 3 is 2.25 bits per heavy atom. The van der Waals surface area contributed by atoms with E-state index in [2.05, 4.69) is 9.97 Å². The molecule has 1 aromatic heterocycles. The van der Waals surface area contributed by atoms with Crippen molar-refractivity contribution in [1.82, 2.24) is 9.97 Å². The Morgan fingerprint density at radius 2 is 1.88 bits per heavy atom. The van der Waals surface area contributed by atoms with Gasteiger partial charge in [-0.1, -0.05) is 0 Å². The molecule has 3 nitrogen and oxygen atoms in total. The van der Waals surface area contributed by atoms with Gasteiger partial charge in [-0.3, -0.25) is 0 Å². The summed E-state index contributed by atoms with van der Waals surface area (Å²) >= 11 is 5.53. The first-order valence-corrected chi connectivity index (χ1v) is 5.18. The van der Waals surface area contributed by atoms with Crippen LogP contribution in [-0.4, -0.2) is 29.2 Å². The summed E-state index contributed by atoms with van der Waals surface area (Å²) in [5, 5.41) is 0. The van der Waals surface area contributed by atoms with Crippen molar-refractivity contribution in [3.63, 3.8) is 0 Å². The molecule has 0 N–H and O–H groups in total. The van der Waals surface area contributed by atoms with Crippen molar-refractivity contribution >= 4 is 17.5 Å². The fourth-order valence-corrected chi connectivity index (χ4v) is 1.26. The lowest BCUT2D eigenvalue weighted by Crippen LogP contribution is -2.35. The second-order valence-electron chi connectivity index (χ2n) is 3.15. The van der Waals surface area contributed by atoms with Crippen LogP contribution in [0.4, 0.5) is 19.1 Å². The molecule has 0 saturated carbocycles. The number of anilines is 1. The maximum absolute atomic E-state index is 12.2. The second-order valence-corrected chi connectivity index (χ2v) is 3.42. The number of alkyl halides is 4. The largest absolute Gasteiger partial charge is 0.406 e. The van der Waals surface area contributed by atoms with Crippen LogP contribution in [0.5, 0.6) is 0 Å². The van der Waals surface area contributed by atoms with E-state index in [1.807, 2.05) is 0 Å². The summed E-state index contributed by atoms with van der Waals surface area (Å²) in [4.78, 5) is 8.72. The van der Waals surface area contributed by atoms with Crippen LogP contribution < -0.4 is 4.90 Å². The van der Waals surface area contributed by atoms with Gasteiger partial charge in [-0.25, -0.2) is 9.97 Å². The summed E-state index contributed by atoms with van der Waals surface area (Å²) in [5.41, 5.74) is 0.675. The number of rotatable bonds is 4.